The lowest BCUT2D eigenvalue weighted by molar-refractivity contribution is -0.142. The summed E-state index contributed by atoms with van der Waals surface area (Å²) in [7, 11) is 0. The highest BCUT2D eigenvalue weighted by Crippen LogP contribution is 2.07. The number of halogens is 1. The van der Waals surface area contributed by atoms with Crippen LogP contribution in [0.4, 0.5) is 0 Å². The maximum atomic E-state index is 10.7. The Bertz CT molecular complexity index is 213. The highest BCUT2D eigenvalue weighted by Gasteiger charge is 2.06. The summed E-state index contributed by atoms with van der Waals surface area (Å²) in [6.45, 7) is 5.11. The SMILES string of the molecule is C=CC(=O)OC(C)CCCCC(=O)Cl. The second-order valence-electron chi connectivity index (χ2n) is 3.05. The lowest BCUT2D eigenvalue weighted by Gasteiger charge is -2.10. The third-order valence-electron chi connectivity index (χ3n) is 1.72. The Hall–Kier alpha value is -0.830. The number of ether oxygens (including phenoxy) is 1. The van der Waals surface area contributed by atoms with Crippen molar-refractivity contribution in [2.45, 2.75) is 38.7 Å². The Morgan fingerprint density at radius 3 is 2.64 bits per heavy atom. The van der Waals surface area contributed by atoms with Gasteiger partial charge in [-0.3, -0.25) is 4.79 Å². The van der Waals surface area contributed by atoms with Gasteiger partial charge in [-0.25, -0.2) is 4.79 Å². The van der Waals surface area contributed by atoms with Crippen molar-refractivity contribution in [2.75, 3.05) is 0 Å². The summed E-state index contributed by atoms with van der Waals surface area (Å²) in [5.74, 6) is -0.411. The number of hydrogen-bond acceptors (Lipinski definition) is 3. The van der Waals surface area contributed by atoms with E-state index in [0.29, 0.717) is 6.42 Å². The number of hydrogen-bond donors (Lipinski definition) is 0. The van der Waals surface area contributed by atoms with Crippen LogP contribution in [0.25, 0.3) is 0 Å². The van der Waals surface area contributed by atoms with Crippen molar-refractivity contribution in [2.24, 2.45) is 0 Å². The summed E-state index contributed by atoms with van der Waals surface area (Å²) in [5.41, 5.74) is 0. The van der Waals surface area contributed by atoms with E-state index in [0.717, 1.165) is 25.3 Å². The van der Waals surface area contributed by atoms with E-state index in [1.807, 2.05) is 6.92 Å². The molecule has 0 aromatic rings. The first-order valence-electron chi connectivity index (χ1n) is 4.57. The van der Waals surface area contributed by atoms with Crippen LogP contribution >= 0.6 is 11.6 Å². The molecule has 0 saturated heterocycles. The molecule has 80 valence electrons. The van der Waals surface area contributed by atoms with Gasteiger partial charge < -0.3 is 4.74 Å². The molecule has 0 N–H and O–H groups in total. The molecule has 0 rings (SSSR count). The Labute approximate surface area is 89.1 Å². The van der Waals surface area contributed by atoms with E-state index in [1.54, 1.807) is 0 Å². The first kappa shape index (κ1) is 13.2. The maximum absolute atomic E-state index is 10.7. The zero-order chi connectivity index (χ0) is 11.0. The first-order valence-corrected chi connectivity index (χ1v) is 4.95. The monoisotopic (exact) mass is 218 g/mol. The number of unbranched alkanes of at least 4 members (excludes halogenated alkanes) is 1. The van der Waals surface area contributed by atoms with E-state index in [2.05, 4.69) is 6.58 Å². The lowest BCUT2D eigenvalue weighted by Crippen LogP contribution is -2.12. The fourth-order valence-corrected chi connectivity index (χ4v) is 1.13. The molecule has 0 amide bonds. The summed E-state index contributed by atoms with van der Waals surface area (Å²) in [6.07, 6.45) is 3.68. The smallest absolute Gasteiger partial charge is 0.330 e. The van der Waals surface area contributed by atoms with Crippen molar-refractivity contribution in [3.8, 4) is 0 Å². The lowest BCUT2D eigenvalue weighted by atomic mass is 10.1. The fraction of sp³-hybridized carbons (Fsp3) is 0.600. The number of esters is 1. The zero-order valence-electron chi connectivity index (χ0n) is 8.29. The Morgan fingerprint density at radius 1 is 1.50 bits per heavy atom. The van der Waals surface area contributed by atoms with Gasteiger partial charge in [-0.1, -0.05) is 6.58 Å². The summed E-state index contributed by atoms with van der Waals surface area (Å²) in [5, 5.41) is -0.319. The topological polar surface area (TPSA) is 43.4 Å². The fourth-order valence-electron chi connectivity index (χ4n) is 1.00. The average molecular weight is 219 g/mol. The van der Waals surface area contributed by atoms with Crippen molar-refractivity contribution in [1.29, 1.82) is 0 Å². The molecule has 0 radical (unpaired) electrons. The van der Waals surface area contributed by atoms with Crippen LogP contribution < -0.4 is 0 Å². The van der Waals surface area contributed by atoms with E-state index >= 15 is 0 Å². The molecule has 4 heteroatoms. The van der Waals surface area contributed by atoms with E-state index in [4.69, 9.17) is 16.3 Å². The largest absolute Gasteiger partial charge is 0.460 e. The number of carbonyl (C=O) groups is 2. The Morgan fingerprint density at radius 2 is 2.14 bits per heavy atom. The van der Waals surface area contributed by atoms with Gasteiger partial charge in [0.25, 0.3) is 0 Å². The minimum atomic E-state index is -0.411. The van der Waals surface area contributed by atoms with Crippen LogP contribution in [0.3, 0.4) is 0 Å². The van der Waals surface area contributed by atoms with E-state index < -0.39 is 5.97 Å². The zero-order valence-corrected chi connectivity index (χ0v) is 9.05. The van der Waals surface area contributed by atoms with Crippen molar-refractivity contribution in [1.82, 2.24) is 0 Å². The molecular formula is C10H15ClO3. The normalized spacial score (nSPS) is 11.9. The molecule has 0 heterocycles. The molecule has 0 bridgehead atoms. The van der Waals surface area contributed by atoms with Gasteiger partial charge in [-0.2, -0.15) is 0 Å². The van der Waals surface area contributed by atoms with Crippen LogP contribution in [0.5, 0.6) is 0 Å². The summed E-state index contributed by atoms with van der Waals surface area (Å²) in [6, 6.07) is 0. The molecule has 0 fully saturated rings. The van der Waals surface area contributed by atoms with E-state index in [-0.39, 0.29) is 11.3 Å². The van der Waals surface area contributed by atoms with Crippen LogP contribution in [0.15, 0.2) is 12.7 Å². The molecule has 14 heavy (non-hydrogen) atoms. The van der Waals surface area contributed by atoms with Gasteiger partial charge in [0.2, 0.25) is 5.24 Å². The summed E-state index contributed by atoms with van der Waals surface area (Å²) >= 11 is 5.16. The predicted molar refractivity (Wildman–Crippen MR) is 55.1 cm³/mol. The van der Waals surface area contributed by atoms with Gasteiger partial charge in [-0.05, 0) is 37.8 Å². The van der Waals surface area contributed by atoms with Crippen molar-refractivity contribution < 1.29 is 14.3 Å². The minimum Gasteiger partial charge on any atom is -0.460 e. The van der Waals surface area contributed by atoms with Crippen LogP contribution in [0.1, 0.15) is 32.6 Å². The van der Waals surface area contributed by atoms with Crippen LogP contribution in [0.2, 0.25) is 0 Å². The van der Waals surface area contributed by atoms with E-state index in [1.165, 1.54) is 0 Å². The quantitative estimate of drug-likeness (QED) is 0.285. The van der Waals surface area contributed by atoms with Gasteiger partial charge in [0.05, 0.1) is 6.10 Å². The van der Waals surface area contributed by atoms with Gasteiger partial charge in [0.15, 0.2) is 0 Å². The summed E-state index contributed by atoms with van der Waals surface area (Å²) in [4.78, 5) is 21.1. The van der Waals surface area contributed by atoms with Crippen LogP contribution in [-0.2, 0) is 14.3 Å². The Kier molecular flexibility index (Phi) is 7.11. The van der Waals surface area contributed by atoms with Crippen LogP contribution in [0, 0.1) is 0 Å². The number of rotatable bonds is 7. The third kappa shape index (κ3) is 7.80. The third-order valence-corrected chi connectivity index (χ3v) is 1.91. The Balaban J connectivity index is 3.44. The second-order valence-corrected chi connectivity index (χ2v) is 3.47. The second kappa shape index (κ2) is 7.56. The highest BCUT2D eigenvalue weighted by molar-refractivity contribution is 6.63. The van der Waals surface area contributed by atoms with E-state index in [9.17, 15) is 9.59 Å². The highest BCUT2D eigenvalue weighted by atomic mass is 35.5. The maximum Gasteiger partial charge on any atom is 0.330 e. The standard InChI is InChI=1S/C10H15ClO3/c1-3-10(13)14-8(2)6-4-5-7-9(11)12/h3,8H,1,4-7H2,2H3. The van der Waals surface area contributed by atoms with Gasteiger partial charge in [0.1, 0.15) is 0 Å². The van der Waals surface area contributed by atoms with Crippen LogP contribution in [-0.4, -0.2) is 17.3 Å². The average Bonchev–Trinajstić information content (AvgIpc) is 2.12. The van der Waals surface area contributed by atoms with Crippen molar-refractivity contribution in [3.63, 3.8) is 0 Å². The van der Waals surface area contributed by atoms with Crippen molar-refractivity contribution in [3.05, 3.63) is 12.7 Å². The molecule has 0 spiro atoms. The molecule has 1 atom stereocenters. The molecule has 3 nitrogen and oxygen atoms in total. The number of carbonyl (C=O) groups excluding carboxylic acids is 2. The predicted octanol–water partition coefficient (Wildman–Crippen LogP) is 2.43. The molecular weight excluding hydrogens is 204 g/mol. The molecule has 0 aromatic heterocycles. The van der Waals surface area contributed by atoms with Gasteiger partial charge in [0, 0.05) is 12.5 Å². The molecule has 1 unspecified atom stereocenters. The molecule has 0 saturated carbocycles. The van der Waals surface area contributed by atoms with Crippen molar-refractivity contribution >= 4 is 22.8 Å². The van der Waals surface area contributed by atoms with Gasteiger partial charge in [-0.15, -0.1) is 0 Å². The molecule has 0 aliphatic carbocycles. The molecule has 0 aliphatic rings. The minimum absolute atomic E-state index is 0.133. The first-order chi connectivity index (χ1) is 6.56. The molecule has 0 aromatic carbocycles. The van der Waals surface area contributed by atoms with Gasteiger partial charge >= 0.3 is 5.97 Å². The molecule has 0 aliphatic heterocycles. The summed E-state index contributed by atoms with van der Waals surface area (Å²) < 4.78 is 4.93.